The van der Waals surface area contributed by atoms with Crippen molar-refractivity contribution in [2.45, 2.75) is 31.7 Å². The molecule has 0 saturated heterocycles. The molecule has 0 aromatic carbocycles. The highest BCUT2D eigenvalue weighted by Crippen LogP contribution is 2.27. The van der Waals surface area contributed by atoms with Gasteiger partial charge in [-0.1, -0.05) is 0 Å². The highest BCUT2D eigenvalue weighted by atomic mass is 16.3. The molecule has 0 radical (unpaired) electrons. The van der Waals surface area contributed by atoms with Crippen LogP contribution in [0.1, 0.15) is 25.7 Å². The van der Waals surface area contributed by atoms with E-state index in [4.69, 9.17) is 5.11 Å². The van der Waals surface area contributed by atoms with E-state index in [1.54, 1.807) is 12.4 Å². The van der Waals surface area contributed by atoms with Gasteiger partial charge in [0.1, 0.15) is 0 Å². The van der Waals surface area contributed by atoms with Crippen LogP contribution in [0.2, 0.25) is 0 Å². The number of anilines is 1. The van der Waals surface area contributed by atoms with Crippen molar-refractivity contribution in [2.24, 2.45) is 0 Å². The van der Waals surface area contributed by atoms with E-state index in [-0.39, 0.29) is 6.61 Å². The summed E-state index contributed by atoms with van der Waals surface area (Å²) >= 11 is 0. The van der Waals surface area contributed by atoms with Gasteiger partial charge in [0.25, 0.3) is 0 Å². The van der Waals surface area contributed by atoms with E-state index in [9.17, 15) is 0 Å². The van der Waals surface area contributed by atoms with E-state index in [1.165, 1.54) is 19.3 Å². The van der Waals surface area contributed by atoms with E-state index < -0.39 is 0 Å². The molecule has 0 amide bonds. The van der Waals surface area contributed by atoms with Gasteiger partial charge in [0.2, 0.25) is 5.95 Å². The van der Waals surface area contributed by atoms with Crippen molar-refractivity contribution in [3.8, 4) is 0 Å². The number of nitrogens with zero attached hydrogens (tertiary/aromatic N) is 3. The van der Waals surface area contributed by atoms with Crippen molar-refractivity contribution in [1.29, 1.82) is 0 Å². The van der Waals surface area contributed by atoms with Gasteiger partial charge in [0, 0.05) is 31.6 Å². The Morgan fingerprint density at radius 2 is 2.07 bits per heavy atom. The lowest BCUT2D eigenvalue weighted by molar-refractivity contribution is 0.282. The maximum absolute atomic E-state index is 8.87. The topological polar surface area (TPSA) is 49.2 Å². The average molecular weight is 207 g/mol. The summed E-state index contributed by atoms with van der Waals surface area (Å²) in [6.07, 6.45) is 8.08. The van der Waals surface area contributed by atoms with Crippen molar-refractivity contribution in [2.75, 3.05) is 18.1 Å². The van der Waals surface area contributed by atoms with E-state index in [0.717, 1.165) is 18.9 Å². The van der Waals surface area contributed by atoms with Crippen LogP contribution in [0.3, 0.4) is 0 Å². The maximum Gasteiger partial charge on any atom is 0.225 e. The van der Waals surface area contributed by atoms with Crippen molar-refractivity contribution in [1.82, 2.24) is 9.97 Å². The van der Waals surface area contributed by atoms with Crippen LogP contribution in [-0.2, 0) is 0 Å². The largest absolute Gasteiger partial charge is 0.396 e. The molecule has 82 valence electrons. The number of aliphatic hydroxyl groups excluding tert-OH is 1. The summed E-state index contributed by atoms with van der Waals surface area (Å²) in [6.45, 7) is 1.08. The normalized spacial score (nSPS) is 16.1. The Morgan fingerprint density at radius 1 is 1.33 bits per heavy atom. The quantitative estimate of drug-likeness (QED) is 0.788. The van der Waals surface area contributed by atoms with Gasteiger partial charge in [-0.25, -0.2) is 9.97 Å². The third-order valence-corrected chi connectivity index (χ3v) is 2.88. The van der Waals surface area contributed by atoms with Gasteiger partial charge in [-0.15, -0.1) is 0 Å². The predicted octanol–water partition coefficient (Wildman–Crippen LogP) is 1.22. The smallest absolute Gasteiger partial charge is 0.225 e. The molecule has 1 aromatic heterocycles. The Morgan fingerprint density at radius 3 is 2.60 bits per heavy atom. The van der Waals surface area contributed by atoms with Gasteiger partial charge in [-0.05, 0) is 31.7 Å². The van der Waals surface area contributed by atoms with Gasteiger partial charge >= 0.3 is 0 Å². The van der Waals surface area contributed by atoms with Crippen LogP contribution in [0.15, 0.2) is 18.5 Å². The first-order chi connectivity index (χ1) is 7.42. The fraction of sp³-hybridized carbons (Fsp3) is 0.636. The second-order valence-corrected chi connectivity index (χ2v) is 3.90. The summed E-state index contributed by atoms with van der Waals surface area (Å²) in [5.41, 5.74) is 0. The van der Waals surface area contributed by atoms with Crippen LogP contribution in [0.25, 0.3) is 0 Å². The van der Waals surface area contributed by atoms with Crippen LogP contribution >= 0.6 is 0 Å². The molecular formula is C11H17N3O. The zero-order chi connectivity index (χ0) is 10.5. The summed E-state index contributed by atoms with van der Waals surface area (Å²) in [6, 6.07) is 2.41. The van der Waals surface area contributed by atoms with Crippen LogP contribution < -0.4 is 4.90 Å². The molecule has 1 fully saturated rings. The summed E-state index contributed by atoms with van der Waals surface area (Å²) in [5.74, 6) is 0.802. The summed E-state index contributed by atoms with van der Waals surface area (Å²) in [5, 5.41) is 8.87. The minimum Gasteiger partial charge on any atom is -0.396 e. The van der Waals surface area contributed by atoms with E-state index >= 15 is 0 Å². The van der Waals surface area contributed by atoms with Crippen molar-refractivity contribution < 1.29 is 5.11 Å². The molecule has 1 saturated carbocycles. The SMILES string of the molecule is OCCCN(c1ncccn1)C1CCC1. The van der Waals surface area contributed by atoms with Crippen molar-refractivity contribution >= 4 is 5.95 Å². The summed E-state index contributed by atoms with van der Waals surface area (Å²) in [7, 11) is 0. The fourth-order valence-electron chi connectivity index (χ4n) is 1.82. The lowest BCUT2D eigenvalue weighted by atomic mass is 9.91. The molecule has 0 aliphatic heterocycles. The molecule has 4 heteroatoms. The molecule has 1 aliphatic carbocycles. The lowest BCUT2D eigenvalue weighted by Gasteiger charge is -2.37. The summed E-state index contributed by atoms with van der Waals surface area (Å²) < 4.78 is 0. The molecule has 0 spiro atoms. The third-order valence-electron chi connectivity index (χ3n) is 2.88. The van der Waals surface area contributed by atoms with Crippen molar-refractivity contribution in [3.05, 3.63) is 18.5 Å². The zero-order valence-electron chi connectivity index (χ0n) is 8.84. The first kappa shape index (κ1) is 10.4. The second kappa shape index (κ2) is 5.07. The molecule has 4 nitrogen and oxygen atoms in total. The van der Waals surface area contributed by atoms with Gasteiger partial charge in [-0.2, -0.15) is 0 Å². The Labute approximate surface area is 90.0 Å². The third kappa shape index (κ3) is 2.45. The highest BCUT2D eigenvalue weighted by Gasteiger charge is 2.26. The molecule has 15 heavy (non-hydrogen) atoms. The predicted molar refractivity (Wildman–Crippen MR) is 58.7 cm³/mol. The molecular weight excluding hydrogens is 190 g/mol. The number of aromatic nitrogens is 2. The van der Waals surface area contributed by atoms with Crippen LogP contribution in [-0.4, -0.2) is 34.3 Å². The molecule has 1 aromatic rings. The molecule has 1 N–H and O–H groups in total. The van der Waals surface area contributed by atoms with E-state index in [0.29, 0.717) is 6.04 Å². The van der Waals surface area contributed by atoms with Crippen LogP contribution in [0.4, 0.5) is 5.95 Å². The first-order valence-electron chi connectivity index (χ1n) is 5.56. The van der Waals surface area contributed by atoms with Crippen LogP contribution in [0.5, 0.6) is 0 Å². The Kier molecular flexibility index (Phi) is 3.50. The Hall–Kier alpha value is -1.16. The minimum atomic E-state index is 0.232. The Balaban J connectivity index is 2.04. The standard InChI is InChI=1S/C11H17N3O/c15-9-3-8-14(10-4-1-5-10)11-12-6-2-7-13-11/h2,6-7,10,15H,1,3-5,8-9H2. The highest BCUT2D eigenvalue weighted by molar-refractivity contribution is 5.31. The van der Waals surface area contributed by atoms with Crippen molar-refractivity contribution in [3.63, 3.8) is 0 Å². The van der Waals surface area contributed by atoms with Gasteiger partial charge in [-0.3, -0.25) is 0 Å². The maximum atomic E-state index is 8.87. The first-order valence-corrected chi connectivity index (χ1v) is 5.56. The molecule has 0 unspecified atom stereocenters. The molecule has 1 heterocycles. The fourth-order valence-corrected chi connectivity index (χ4v) is 1.82. The minimum absolute atomic E-state index is 0.232. The van der Waals surface area contributed by atoms with Crippen LogP contribution in [0, 0.1) is 0 Å². The summed E-state index contributed by atoms with van der Waals surface area (Å²) in [4.78, 5) is 10.8. The van der Waals surface area contributed by atoms with E-state index in [2.05, 4.69) is 14.9 Å². The van der Waals surface area contributed by atoms with Gasteiger partial charge < -0.3 is 10.0 Å². The lowest BCUT2D eigenvalue weighted by Crippen LogP contribution is -2.42. The number of aliphatic hydroxyl groups is 1. The average Bonchev–Trinajstić information content (AvgIpc) is 2.22. The molecule has 2 rings (SSSR count). The Bertz CT molecular complexity index is 287. The second-order valence-electron chi connectivity index (χ2n) is 3.90. The van der Waals surface area contributed by atoms with E-state index in [1.807, 2.05) is 6.07 Å². The molecule has 0 bridgehead atoms. The molecule has 0 atom stereocenters. The number of hydrogen-bond acceptors (Lipinski definition) is 4. The monoisotopic (exact) mass is 207 g/mol. The molecule has 1 aliphatic rings. The number of rotatable bonds is 5. The zero-order valence-corrected chi connectivity index (χ0v) is 8.84. The number of hydrogen-bond donors (Lipinski definition) is 1. The van der Waals surface area contributed by atoms with Gasteiger partial charge in [0.05, 0.1) is 0 Å². The van der Waals surface area contributed by atoms with Gasteiger partial charge in [0.15, 0.2) is 0 Å².